The summed E-state index contributed by atoms with van der Waals surface area (Å²) in [5.41, 5.74) is 2.81. The highest BCUT2D eigenvalue weighted by molar-refractivity contribution is 6.32. The largest absolute Gasteiger partial charge is 0.365 e. The Morgan fingerprint density at radius 2 is 2.24 bits per heavy atom. The van der Waals surface area contributed by atoms with Crippen molar-refractivity contribution < 1.29 is 0 Å². The zero-order chi connectivity index (χ0) is 18.0. The van der Waals surface area contributed by atoms with Crippen molar-refractivity contribution in [1.82, 2.24) is 14.8 Å². The van der Waals surface area contributed by atoms with Crippen LogP contribution < -0.4 is 4.90 Å². The molecule has 1 unspecified atom stereocenters. The Hall–Kier alpha value is -2.32. The summed E-state index contributed by atoms with van der Waals surface area (Å²) in [7, 11) is 0. The fraction of sp³-hybridized carbons (Fsp3) is 0.421. The SMILES string of the molecule is CCN(c1ccc(C#N)c(Cl)c1)C1C=C(n2cncn2)CCC1(C)C. The summed E-state index contributed by atoms with van der Waals surface area (Å²) in [5.74, 6) is 0. The van der Waals surface area contributed by atoms with Crippen molar-refractivity contribution in [2.45, 2.75) is 39.7 Å². The average Bonchev–Trinajstić information content (AvgIpc) is 3.11. The van der Waals surface area contributed by atoms with E-state index >= 15 is 0 Å². The van der Waals surface area contributed by atoms with Crippen molar-refractivity contribution in [2.75, 3.05) is 11.4 Å². The van der Waals surface area contributed by atoms with Gasteiger partial charge in [0.1, 0.15) is 18.7 Å². The van der Waals surface area contributed by atoms with Gasteiger partial charge in [0.15, 0.2) is 0 Å². The molecule has 1 aromatic heterocycles. The molecule has 0 saturated carbocycles. The van der Waals surface area contributed by atoms with E-state index in [-0.39, 0.29) is 11.5 Å². The Morgan fingerprint density at radius 3 is 2.84 bits per heavy atom. The Balaban J connectivity index is 2.01. The first-order valence-electron chi connectivity index (χ1n) is 8.48. The number of anilines is 1. The predicted molar refractivity (Wildman–Crippen MR) is 100 cm³/mol. The van der Waals surface area contributed by atoms with E-state index in [0.717, 1.165) is 25.1 Å². The molecule has 1 atom stereocenters. The van der Waals surface area contributed by atoms with Crippen molar-refractivity contribution in [3.05, 3.63) is 47.5 Å². The lowest BCUT2D eigenvalue weighted by Gasteiger charge is -2.44. The van der Waals surface area contributed by atoms with Crippen molar-refractivity contribution in [3.8, 4) is 6.07 Å². The Kier molecular flexibility index (Phi) is 4.82. The summed E-state index contributed by atoms with van der Waals surface area (Å²) in [6.45, 7) is 7.57. The number of nitriles is 1. The molecule has 0 amide bonds. The highest BCUT2D eigenvalue weighted by Gasteiger charge is 2.36. The van der Waals surface area contributed by atoms with E-state index in [0.29, 0.717) is 10.6 Å². The number of nitrogens with zero attached hydrogens (tertiary/aromatic N) is 5. The monoisotopic (exact) mass is 355 g/mol. The molecular formula is C19H22ClN5. The lowest BCUT2D eigenvalue weighted by Crippen LogP contribution is -2.46. The van der Waals surface area contributed by atoms with Gasteiger partial charge in [-0.1, -0.05) is 25.4 Å². The minimum Gasteiger partial charge on any atom is -0.365 e. The van der Waals surface area contributed by atoms with Gasteiger partial charge in [-0.3, -0.25) is 0 Å². The van der Waals surface area contributed by atoms with E-state index in [2.05, 4.69) is 47.9 Å². The van der Waals surface area contributed by atoms with E-state index in [1.807, 2.05) is 16.8 Å². The molecule has 0 saturated heterocycles. The van der Waals surface area contributed by atoms with Crippen LogP contribution in [0.1, 0.15) is 39.2 Å². The molecule has 0 radical (unpaired) electrons. The summed E-state index contributed by atoms with van der Waals surface area (Å²) in [4.78, 5) is 6.40. The van der Waals surface area contributed by atoms with Crippen LogP contribution in [0.15, 0.2) is 36.9 Å². The predicted octanol–water partition coefficient (Wildman–Crippen LogP) is 4.36. The van der Waals surface area contributed by atoms with Gasteiger partial charge in [0.05, 0.1) is 16.6 Å². The smallest absolute Gasteiger partial charge is 0.138 e. The summed E-state index contributed by atoms with van der Waals surface area (Å²) < 4.78 is 1.85. The normalized spacial score (nSPS) is 19.2. The maximum Gasteiger partial charge on any atom is 0.138 e. The van der Waals surface area contributed by atoms with Crippen LogP contribution in [0.25, 0.3) is 5.70 Å². The number of halogens is 1. The number of likely N-dealkylation sites (N-methyl/N-ethyl adjacent to an activating group) is 1. The zero-order valence-electron chi connectivity index (χ0n) is 14.8. The second-order valence-corrected chi connectivity index (χ2v) is 7.40. The number of aromatic nitrogens is 3. The maximum absolute atomic E-state index is 9.10. The number of rotatable bonds is 4. The molecule has 25 heavy (non-hydrogen) atoms. The zero-order valence-corrected chi connectivity index (χ0v) is 15.5. The van der Waals surface area contributed by atoms with Crippen LogP contribution in [0, 0.1) is 16.7 Å². The van der Waals surface area contributed by atoms with Crippen LogP contribution in [0.3, 0.4) is 0 Å². The quantitative estimate of drug-likeness (QED) is 0.817. The maximum atomic E-state index is 9.10. The van der Waals surface area contributed by atoms with E-state index < -0.39 is 0 Å². The fourth-order valence-electron chi connectivity index (χ4n) is 3.46. The summed E-state index contributed by atoms with van der Waals surface area (Å²) in [6, 6.07) is 7.97. The highest BCUT2D eigenvalue weighted by Crippen LogP contribution is 2.40. The van der Waals surface area contributed by atoms with Crippen molar-refractivity contribution in [3.63, 3.8) is 0 Å². The Bertz CT molecular complexity index is 817. The third-order valence-corrected chi connectivity index (χ3v) is 5.28. The van der Waals surface area contributed by atoms with E-state index in [9.17, 15) is 0 Å². The van der Waals surface area contributed by atoms with Crippen LogP contribution in [-0.4, -0.2) is 27.4 Å². The van der Waals surface area contributed by atoms with Gasteiger partial charge in [0.2, 0.25) is 0 Å². The molecule has 1 aromatic carbocycles. The summed E-state index contributed by atoms with van der Waals surface area (Å²) in [5, 5.41) is 13.9. The third kappa shape index (κ3) is 3.40. The second-order valence-electron chi connectivity index (χ2n) is 6.99. The summed E-state index contributed by atoms with van der Waals surface area (Å²) in [6.07, 6.45) is 7.62. The number of benzene rings is 1. The van der Waals surface area contributed by atoms with Gasteiger partial charge in [-0.2, -0.15) is 10.4 Å². The van der Waals surface area contributed by atoms with E-state index in [1.165, 1.54) is 5.70 Å². The van der Waals surface area contributed by atoms with Gasteiger partial charge in [-0.15, -0.1) is 0 Å². The van der Waals surface area contributed by atoms with Gasteiger partial charge >= 0.3 is 0 Å². The molecule has 0 N–H and O–H groups in total. The van der Waals surface area contributed by atoms with Crippen molar-refractivity contribution in [2.24, 2.45) is 5.41 Å². The van der Waals surface area contributed by atoms with Crippen LogP contribution in [0.5, 0.6) is 0 Å². The van der Waals surface area contributed by atoms with E-state index in [1.54, 1.807) is 18.7 Å². The van der Waals surface area contributed by atoms with Crippen molar-refractivity contribution in [1.29, 1.82) is 5.26 Å². The van der Waals surface area contributed by atoms with Crippen LogP contribution in [0.4, 0.5) is 5.69 Å². The minimum absolute atomic E-state index is 0.112. The molecule has 1 aliphatic carbocycles. The molecule has 1 aliphatic rings. The molecule has 3 rings (SSSR count). The minimum atomic E-state index is 0.112. The van der Waals surface area contributed by atoms with Crippen LogP contribution in [0.2, 0.25) is 5.02 Å². The van der Waals surface area contributed by atoms with Crippen LogP contribution in [-0.2, 0) is 0 Å². The second kappa shape index (κ2) is 6.89. The van der Waals surface area contributed by atoms with Gasteiger partial charge in [0, 0.05) is 17.9 Å². The topological polar surface area (TPSA) is 57.7 Å². The number of allylic oxidation sites excluding steroid dienone is 1. The lowest BCUT2D eigenvalue weighted by atomic mass is 9.74. The average molecular weight is 356 g/mol. The Labute approximate surface area is 153 Å². The summed E-state index contributed by atoms with van der Waals surface area (Å²) >= 11 is 6.26. The van der Waals surface area contributed by atoms with Gasteiger partial charge in [-0.25, -0.2) is 9.67 Å². The fourth-order valence-corrected chi connectivity index (χ4v) is 3.68. The number of hydrogen-bond acceptors (Lipinski definition) is 4. The first-order chi connectivity index (χ1) is 12.0. The molecule has 0 bridgehead atoms. The van der Waals surface area contributed by atoms with Crippen molar-refractivity contribution >= 4 is 23.0 Å². The molecule has 0 aliphatic heterocycles. The number of hydrogen-bond donors (Lipinski definition) is 0. The molecule has 0 spiro atoms. The Morgan fingerprint density at radius 1 is 1.44 bits per heavy atom. The third-order valence-electron chi connectivity index (χ3n) is 4.97. The first kappa shape index (κ1) is 17.5. The highest BCUT2D eigenvalue weighted by atomic mass is 35.5. The molecular weight excluding hydrogens is 334 g/mol. The first-order valence-corrected chi connectivity index (χ1v) is 8.86. The molecule has 5 nitrogen and oxygen atoms in total. The lowest BCUT2D eigenvalue weighted by molar-refractivity contribution is 0.278. The molecule has 1 heterocycles. The van der Waals surface area contributed by atoms with Crippen LogP contribution >= 0.6 is 11.6 Å². The standard InChI is InChI=1S/C19H22ClN5/c1-4-24(15-6-5-14(11-21)17(20)9-15)18-10-16(7-8-19(18,2)3)25-13-22-12-23-25/h5-6,9-10,12-13,18H,4,7-8H2,1-3H3. The van der Waals surface area contributed by atoms with Gasteiger partial charge in [0.25, 0.3) is 0 Å². The molecule has 130 valence electrons. The van der Waals surface area contributed by atoms with E-state index in [4.69, 9.17) is 16.9 Å². The van der Waals surface area contributed by atoms with Gasteiger partial charge in [-0.05, 0) is 49.5 Å². The molecule has 6 heteroatoms. The molecule has 0 fully saturated rings. The van der Waals surface area contributed by atoms with Gasteiger partial charge < -0.3 is 4.90 Å². The molecule has 2 aromatic rings.